The second kappa shape index (κ2) is 6.43. The predicted molar refractivity (Wildman–Crippen MR) is 83.5 cm³/mol. The van der Waals surface area contributed by atoms with Crippen LogP contribution in [0, 0.1) is 5.41 Å². The zero-order valence-electron chi connectivity index (χ0n) is 13.2. The molecule has 1 aliphatic rings. The SMILES string of the molecule is CCC1(CO)CCN(C(=O)c2ccnc(N(C)C)c2)CC1. The molecule has 1 aliphatic heterocycles. The molecule has 1 aromatic heterocycles. The number of aromatic nitrogens is 1. The van der Waals surface area contributed by atoms with E-state index < -0.39 is 0 Å². The second-order valence-corrected chi connectivity index (χ2v) is 6.10. The van der Waals surface area contributed by atoms with Gasteiger partial charge in [-0.3, -0.25) is 4.79 Å². The highest BCUT2D eigenvalue weighted by molar-refractivity contribution is 5.94. The van der Waals surface area contributed by atoms with Crippen LogP contribution in [-0.4, -0.2) is 54.7 Å². The van der Waals surface area contributed by atoms with Crippen LogP contribution in [0.4, 0.5) is 5.82 Å². The average Bonchev–Trinajstić information content (AvgIpc) is 2.54. The van der Waals surface area contributed by atoms with E-state index in [-0.39, 0.29) is 17.9 Å². The van der Waals surface area contributed by atoms with Crippen molar-refractivity contribution < 1.29 is 9.90 Å². The smallest absolute Gasteiger partial charge is 0.254 e. The molecule has 2 rings (SSSR count). The molecule has 0 bridgehead atoms. The number of hydrogen-bond acceptors (Lipinski definition) is 4. The standard InChI is InChI=1S/C16H25N3O2/c1-4-16(12-20)6-9-19(10-7-16)15(21)13-5-8-17-14(11-13)18(2)3/h5,8,11,20H,4,6-7,9-10,12H2,1-3H3. The maximum Gasteiger partial charge on any atom is 0.254 e. The van der Waals surface area contributed by atoms with Gasteiger partial charge >= 0.3 is 0 Å². The number of carbonyl (C=O) groups excluding carboxylic acids is 1. The summed E-state index contributed by atoms with van der Waals surface area (Å²) in [5.41, 5.74) is 0.686. The van der Waals surface area contributed by atoms with Crippen molar-refractivity contribution in [2.75, 3.05) is 38.7 Å². The van der Waals surface area contributed by atoms with Gasteiger partial charge in [-0.1, -0.05) is 6.92 Å². The monoisotopic (exact) mass is 291 g/mol. The van der Waals surface area contributed by atoms with E-state index in [1.54, 1.807) is 12.3 Å². The Labute approximate surface area is 126 Å². The van der Waals surface area contributed by atoms with Gasteiger partial charge in [0.1, 0.15) is 5.82 Å². The van der Waals surface area contributed by atoms with Crippen molar-refractivity contribution in [1.82, 2.24) is 9.88 Å². The number of nitrogens with zero attached hydrogens (tertiary/aromatic N) is 3. The van der Waals surface area contributed by atoms with Crippen molar-refractivity contribution in [3.63, 3.8) is 0 Å². The molecule has 2 heterocycles. The number of hydrogen-bond donors (Lipinski definition) is 1. The van der Waals surface area contributed by atoms with Crippen LogP contribution in [0.3, 0.4) is 0 Å². The van der Waals surface area contributed by atoms with E-state index in [2.05, 4.69) is 11.9 Å². The fourth-order valence-corrected chi connectivity index (χ4v) is 2.79. The van der Waals surface area contributed by atoms with E-state index >= 15 is 0 Å². The Hall–Kier alpha value is -1.62. The van der Waals surface area contributed by atoms with Crippen molar-refractivity contribution in [2.45, 2.75) is 26.2 Å². The number of aliphatic hydroxyl groups excluding tert-OH is 1. The third-order valence-corrected chi connectivity index (χ3v) is 4.65. The van der Waals surface area contributed by atoms with Crippen LogP contribution >= 0.6 is 0 Å². The van der Waals surface area contributed by atoms with Gasteiger partial charge in [-0.15, -0.1) is 0 Å². The van der Waals surface area contributed by atoms with Gasteiger partial charge in [0.25, 0.3) is 5.91 Å². The van der Waals surface area contributed by atoms with Crippen molar-refractivity contribution in [3.8, 4) is 0 Å². The van der Waals surface area contributed by atoms with Crippen LogP contribution in [0.2, 0.25) is 0 Å². The van der Waals surface area contributed by atoms with Crippen molar-refractivity contribution in [3.05, 3.63) is 23.9 Å². The van der Waals surface area contributed by atoms with Gasteiger partial charge < -0.3 is 14.9 Å². The van der Waals surface area contributed by atoms with Gasteiger partial charge in [0, 0.05) is 45.6 Å². The Morgan fingerprint density at radius 2 is 2.10 bits per heavy atom. The van der Waals surface area contributed by atoms with Crippen LogP contribution in [0.25, 0.3) is 0 Å². The molecular weight excluding hydrogens is 266 g/mol. The molecule has 0 saturated carbocycles. The summed E-state index contributed by atoms with van der Waals surface area (Å²) < 4.78 is 0. The lowest BCUT2D eigenvalue weighted by molar-refractivity contribution is 0.0338. The van der Waals surface area contributed by atoms with E-state index in [1.165, 1.54) is 0 Å². The summed E-state index contributed by atoms with van der Waals surface area (Å²) in [6.45, 7) is 3.76. The maximum absolute atomic E-state index is 12.6. The number of anilines is 1. The highest BCUT2D eigenvalue weighted by Gasteiger charge is 2.34. The van der Waals surface area contributed by atoms with Crippen LogP contribution in [0.1, 0.15) is 36.5 Å². The van der Waals surface area contributed by atoms with E-state index in [0.717, 1.165) is 25.1 Å². The third-order valence-electron chi connectivity index (χ3n) is 4.65. The Kier molecular flexibility index (Phi) is 4.83. The van der Waals surface area contributed by atoms with Crippen LogP contribution in [0.5, 0.6) is 0 Å². The second-order valence-electron chi connectivity index (χ2n) is 6.10. The zero-order chi connectivity index (χ0) is 15.5. The van der Waals surface area contributed by atoms with Crippen molar-refractivity contribution in [2.24, 2.45) is 5.41 Å². The number of piperidine rings is 1. The molecule has 116 valence electrons. The summed E-state index contributed by atoms with van der Waals surface area (Å²) in [4.78, 5) is 20.6. The summed E-state index contributed by atoms with van der Waals surface area (Å²) in [5, 5.41) is 9.56. The molecule has 1 N–H and O–H groups in total. The number of aliphatic hydroxyl groups is 1. The number of pyridine rings is 1. The van der Waals surface area contributed by atoms with Crippen LogP contribution in [-0.2, 0) is 0 Å². The van der Waals surface area contributed by atoms with Gasteiger partial charge in [0.2, 0.25) is 0 Å². The highest BCUT2D eigenvalue weighted by Crippen LogP contribution is 2.34. The third kappa shape index (κ3) is 3.35. The summed E-state index contributed by atoms with van der Waals surface area (Å²) >= 11 is 0. The molecule has 5 nitrogen and oxygen atoms in total. The molecule has 0 atom stereocenters. The molecule has 0 aliphatic carbocycles. The number of rotatable bonds is 4. The Morgan fingerprint density at radius 1 is 1.43 bits per heavy atom. The van der Waals surface area contributed by atoms with Crippen molar-refractivity contribution in [1.29, 1.82) is 0 Å². The topological polar surface area (TPSA) is 56.7 Å². The minimum atomic E-state index is 0.00379. The van der Waals surface area contributed by atoms with E-state index in [9.17, 15) is 9.90 Å². The predicted octanol–water partition coefficient (Wildman–Crippen LogP) is 1.77. The van der Waals surface area contributed by atoms with E-state index in [0.29, 0.717) is 18.7 Å². The molecule has 1 fully saturated rings. The molecule has 5 heteroatoms. The maximum atomic E-state index is 12.6. The zero-order valence-corrected chi connectivity index (χ0v) is 13.2. The summed E-state index contributed by atoms with van der Waals surface area (Å²) in [6.07, 6.45) is 4.39. The largest absolute Gasteiger partial charge is 0.396 e. The van der Waals surface area contributed by atoms with E-state index in [4.69, 9.17) is 0 Å². The first-order valence-corrected chi connectivity index (χ1v) is 7.55. The van der Waals surface area contributed by atoms with Crippen LogP contribution < -0.4 is 4.90 Å². The molecule has 1 amide bonds. The summed E-state index contributed by atoms with van der Waals surface area (Å²) in [7, 11) is 3.82. The molecule has 1 aromatic rings. The lowest BCUT2D eigenvalue weighted by Crippen LogP contribution is -2.44. The molecule has 0 spiro atoms. The molecular formula is C16H25N3O2. The lowest BCUT2D eigenvalue weighted by atomic mass is 9.77. The molecule has 1 saturated heterocycles. The Bertz CT molecular complexity index is 488. The van der Waals surface area contributed by atoms with Gasteiger partial charge in [0.15, 0.2) is 0 Å². The van der Waals surface area contributed by atoms with Gasteiger partial charge in [-0.25, -0.2) is 4.98 Å². The molecule has 0 aromatic carbocycles. The van der Waals surface area contributed by atoms with E-state index in [1.807, 2.05) is 30.0 Å². The minimum absolute atomic E-state index is 0.00379. The molecule has 0 unspecified atom stereocenters. The first-order valence-electron chi connectivity index (χ1n) is 7.55. The summed E-state index contributed by atoms with van der Waals surface area (Å²) in [5.74, 6) is 0.847. The van der Waals surface area contributed by atoms with Crippen LogP contribution in [0.15, 0.2) is 18.3 Å². The fraction of sp³-hybridized carbons (Fsp3) is 0.625. The fourth-order valence-electron chi connectivity index (χ4n) is 2.79. The van der Waals surface area contributed by atoms with Gasteiger partial charge in [0.05, 0.1) is 0 Å². The minimum Gasteiger partial charge on any atom is -0.396 e. The number of amides is 1. The lowest BCUT2D eigenvalue weighted by Gasteiger charge is -2.40. The Morgan fingerprint density at radius 3 is 2.62 bits per heavy atom. The first-order chi connectivity index (χ1) is 10.0. The highest BCUT2D eigenvalue weighted by atomic mass is 16.3. The van der Waals surface area contributed by atoms with Gasteiger partial charge in [-0.05, 0) is 36.8 Å². The van der Waals surface area contributed by atoms with Gasteiger partial charge in [-0.2, -0.15) is 0 Å². The normalized spacial score (nSPS) is 17.6. The number of carbonyl (C=O) groups is 1. The van der Waals surface area contributed by atoms with Crippen molar-refractivity contribution >= 4 is 11.7 Å². The Balaban J connectivity index is 2.07. The molecule has 21 heavy (non-hydrogen) atoms. The average molecular weight is 291 g/mol. The number of likely N-dealkylation sites (tertiary alicyclic amines) is 1. The first kappa shape index (κ1) is 15.8. The quantitative estimate of drug-likeness (QED) is 0.918. The molecule has 0 radical (unpaired) electrons. The summed E-state index contributed by atoms with van der Waals surface area (Å²) in [6, 6.07) is 3.60.